The van der Waals surface area contributed by atoms with E-state index < -0.39 is 0 Å². The van der Waals surface area contributed by atoms with E-state index in [1.165, 1.54) is 0 Å². The van der Waals surface area contributed by atoms with E-state index >= 15 is 0 Å². The van der Waals surface area contributed by atoms with Crippen LogP contribution in [0.3, 0.4) is 0 Å². The van der Waals surface area contributed by atoms with Crippen LogP contribution < -0.4 is 0 Å². The van der Waals surface area contributed by atoms with Crippen LogP contribution in [0, 0.1) is 5.92 Å². The van der Waals surface area contributed by atoms with Crippen LogP contribution >= 0.6 is 0 Å². The molecule has 0 N–H and O–H groups in total. The average molecular weight is 213 g/mol. The molecule has 1 atom stereocenters. The highest BCUT2D eigenvalue weighted by Gasteiger charge is 2.30. The molecule has 86 valence electrons. The third-order valence-electron chi connectivity index (χ3n) is 3.37. The predicted molar refractivity (Wildman–Crippen MR) is 55.5 cm³/mol. The quantitative estimate of drug-likeness (QED) is 0.676. The summed E-state index contributed by atoms with van der Waals surface area (Å²) in [6.07, 6.45) is 3.17. The highest BCUT2D eigenvalue weighted by atomic mass is 16.5. The fraction of sp³-hybridized carbons (Fsp3) is 0.909. The van der Waals surface area contributed by atoms with Gasteiger partial charge in [-0.25, -0.2) is 0 Å². The molecule has 0 aromatic heterocycles. The summed E-state index contributed by atoms with van der Waals surface area (Å²) >= 11 is 0. The second-order valence-corrected chi connectivity index (χ2v) is 4.32. The van der Waals surface area contributed by atoms with Gasteiger partial charge in [-0.2, -0.15) is 0 Å². The second-order valence-electron chi connectivity index (χ2n) is 4.32. The molecule has 0 unspecified atom stereocenters. The molecule has 2 fully saturated rings. The minimum atomic E-state index is 0.115. The first-order chi connectivity index (χ1) is 7.31. The number of methoxy groups -OCH3 is 1. The number of nitrogens with zero attached hydrogens (tertiary/aromatic N) is 1. The van der Waals surface area contributed by atoms with Crippen LogP contribution in [0.4, 0.5) is 0 Å². The van der Waals surface area contributed by atoms with Gasteiger partial charge in [-0.05, 0) is 19.3 Å². The van der Waals surface area contributed by atoms with Crippen LogP contribution in [-0.2, 0) is 14.3 Å². The van der Waals surface area contributed by atoms with Crippen molar-refractivity contribution in [2.75, 3.05) is 33.4 Å². The van der Waals surface area contributed by atoms with Crippen LogP contribution in [-0.4, -0.2) is 50.3 Å². The smallest absolute Gasteiger partial charge is 0.228 e. The van der Waals surface area contributed by atoms with E-state index in [2.05, 4.69) is 0 Å². The fourth-order valence-electron chi connectivity index (χ4n) is 2.30. The first kappa shape index (κ1) is 10.9. The van der Waals surface area contributed by atoms with Gasteiger partial charge in [0.05, 0.1) is 18.6 Å². The van der Waals surface area contributed by atoms with Gasteiger partial charge in [0.25, 0.3) is 0 Å². The van der Waals surface area contributed by atoms with Crippen molar-refractivity contribution in [3.05, 3.63) is 0 Å². The van der Waals surface area contributed by atoms with Gasteiger partial charge in [0.1, 0.15) is 0 Å². The number of amides is 1. The second kappa shape index (κ2) is 4.94. The van der Waals surface area contributed by atoms with Gasteiger partial charge >= 0.3 is 0 Å². The Balaban J connectivity index is 1.81. The lowest BCUT2D eigenvalue weighted by Gasteiger charge is -2.32. The number of carbonyl (C=O) groups excluding carboxylic acids is 1. The molecule has 15 heavy (non-hydrogen) atoms. The molecule has 0 bridgehead atoms. The number of ether oxygens (including phenoxy) is 2. The van der Waals surface area contributed by atoms with Crippen molar-refractivity contribution in [3.63, 3.8) is 0 Å². The molecule has 0 aromatic rings. The van der Waals surface area contributed by atoms with Gasteiger partial charge in [0, 0.05) is 26.8 Å². The Hall–Kier alpha value is -0.610. The maximum absolute atomic E-state index is 12.0. The Bertz CT molecular complexity index is 218. The van der Waals surface area contributed by atoms with Gasteiger partial charge in [-0.3, -0.25) is 4.79 Å². The molecule has 0 aromatic carbocycles. The molecule has 0 spiro atoms. The summed E-state index contributed by atoms with van der Waals surface area (Å²) in [6, 6.07) is 0. The Morgan fingerprint density at radius 2 is 2.07 bits per heavy atom. The van der Waals surface area contributed by atoms with Gasteiger partial charge in [0.15, 0.2) is 0 Å². The maximum atomic E-state index is 12.0. The van der Waals surface area contributed by atoms with Crippen LogP contribution in [0.2, 0.25) is 0 Å². The van der Waals surface area contributed by atoms with E-state index in [9.17, 15) is 4.79 Å². The summed E-state index contributed by atoms with van der Waals surface area (Å²) in [5.41, 5.74) is 0. The highest BCUT2D eigenvalue weighted by Crippen LogP contribution is 2.19. The van der Waals surface area contributed by atoms with Crippen LogP contribution in [0.5, 0.6) is 0 Å². The van der Waals surface area contributed by atoms with Gasteiger partial charge in [-0.1, -0.05) is 0 Å². The number of rotatable bonds is 2. The van der Waals surface area contributed by atoms with Crippen LogP contribution in [0.25, 0.3) is 0 Å². The zero-order chi connectivity index (χ0) is 10.7. The summed E-state index contributed by atoms with van der Waals surface area (Å²) in [4.78, 5) is 14.0. The molecule has 1 amide bonds. The van der Waals surface area contributed by atoms with Crippen molar-refractivity contribution >= 4 is 5.91 Å². The standard InChI is InChI=1S/C11H19NO3/c1-14-10-2-5-12(6-3-10)11(13)9-4-7-15-8-9/h9-10H,2-8H2,1H3/t9-/m1/s1. The SMILES string of the molecule is COC1CCN(C(=O)[C@@H]2CCOC2)CC1. The summed E-state index contributed by atoms with van der Waals surface area (Å²) in [6.45, 7) is 3.04. The van der Waals surface area contributed by atoms with Crippen molar-refractivity contribution in [1.29, 1.82) is 0 Å². The lowest BCUT2D eigenvalue weighted by atomic mass is 10.0. The molecule has 0 saturated carbocycles. The Kier molecular flexibility index (Phi) is 3.59. The molecule has 2 aliphatic heterocycles. The summed E-state index contributed by atoms with van der Waals surface area (Å²) in [7, 11) is 1.74. The van der Waals surface area contributed by atoms with E-state index in [4.69, 9.17) is 9.47 Å². The largest absolute Gasteiger partial charge is 0.381 e. The van der Waals surface area contributed by atoms with E-state index in [0.29, 0.717) is 12.7 Å². The third-order valence-corrected chi connectivity index (χ3v) is 3.37. The Labute approximate surface area is 90.5 Å². The first-order valence-electron chi connectivity index (χ1n) is 5.70. The topological polar surface area (TPSA) is 38.8 Å². The number of hydrogen-bond donors (Lipinski definition) is 0. The predicted octanol–water partition coefficient (Wildman–Crippen LogP) is 0.660. The minimum absolute atomic E-state index is 0.115. The van der Waals surface area contributed by atoms with Crippen molar-refractivity contribution in [2.24, 2.45) is 5.92 Å². The number of piperidine rings is 1. The summed E-state index contributed by atoms with van der Waals surface area (Å²) in [5.74, 6) is 0.395. The molecule has 2 rings (SSSR count). The lowest BCUT2D eigenvalue weighted by Crippen LogP contribution is -2.43. The monoisotopic (exact) mass is 213 g/mol. The van der Waals surface area contributed by atoms with E-state index in [1.807, 2.05) is 4.90 Å². The third kappa shape index (κ3) is 2.49. The fourth-order valence-corrected chi connectivity index (χ4v) is 2.30. The van der Waals surface area contributed by atoms with Gasteiger partial charge in [0.2, 0.25) is 5.91 Å². The average Bonchev–Trinajstić information content (AvgIpc) is 2.82. The molecule has 4 nitrogen and oxygen atoms in total. The number of carbonyl (C=O) groups is 1. The number of hydrogen-bond acceptors (Lipinski definition) is 3. The van der Waals surface area contributed by atoms with Crippen molar-refractivity contribution < 1.29 is 14.3 Å². The maximum Gasteiger partial charge on any atom is 0.228 e. The zero-order valence-corrected chi connectivity index (χ0v) is 9.28. The Morgan fingerprint density at radius 1 is 1.33 bits per heavy atom. The summed E-state index contributed by atoms with van der Waals surface area (Å²) < 4.78 is 10.5. The Morgan fingerprint density at radius 3 is 2.60 bits per heavy atom. The normalized spacial score (nSPS) is 28.3. The molecular weight excluding hydrogens is 194 g/mol. The van der Waals surface area contributed by atoms with Crippen molar-refractivity contribution in [3.8, 4) is 0 Å². The highest BCUT2D eigenvalue weighted by molar-refractivity contribution is 5.79. The number of likely N-dealkylation sites (tertiary alicyclic amines) is 1. The van der Waals surface area contributed by atoms with E-state index in [1.54, 1.807) is 7.11 Å². The molecule has 4 heteroatoms. The zero-order valence-electron chi connectivity index (χ0n) is 9.28. The summed E-state index contributed by atoms with van der Waals surface area (Å²) in [5, 5.41) is 0. The molecule has 2 saturated heterocycles. The van der Waals surface area contributed by atoms with E-state index in [-0.39, 0.29) is 11.8 Å². The van der Waals surface area contributed by atoms with Gasteiger partial charge < -0.3 is 14.4 Å². The molecule has 2 heterocycles. The van der Waals surface area contributed by atoms with Crippen molar-refractivity contribution in [2.45, 2.75) is 25.4 Å². The molecule has 0 aliphatic carbocycles. The first-order valence-corrected chi connectivity index (χ1v) is 5.70. The van der Waals surface area contributed by atoms with Crippen molar-refractivity contribution in [1.82, 2.24) is 4.90 Å². The minimum Gasteiger partial charge on any atom is -0.381 e. The van der Waals surface area contributed by atoms with Crippen LogP contribution in [0.1, 0.15) is 19.3 Å². The van der Waals surface area contributed by atoms with Crippen LogP contribution in [0.15, 0.2) is 0 Å². The van der Waals surface area contributed by atoms with E-state index in [0.717, 1.165) is 39.0 Å². The van der Waals surface area contributed by atoms with Gasteiger partial charge in [-0.15, -0.1) is 0 Å². The molecule has 0 radical (unpaired) electrons. The lowest BCUT2D eigenvalue weighted by molar-refractivity contribution is -0.137. The molecule has 2 aliphatic rings. The molecular formula is C11H19NO3.